The molecule has 0 fully saturated rings. The van der Waals surface area contributed by atoms with Gasteiger partial charge in [0, 0.05) is 13.6 Å². The van der Waals surface area contributed by atoms with E-state index in [9.17, 15) is 0 Å². The Balaban J connectivity index is 2.74. The second-order valence-corrected chi connectivity index (χ2v) is 4.28. The van der Waals surface area contributed by atoms with Crippen LogP contribution >= 0.6 is 23.2 Å². The molecule has 0 aliphatic rings. The van der Waals surface area contributed by atoms with Crippen LogP contribution in [0.5, 0.6) is 0 Å². The molecule has 7 heteroatoms. The first-order valence-electron chi connectivity index (χ1n) is 4.73. The van der Waals surface area contributed by atoms with Gasteiger partial charge in [-0.05, 0) is 17.7 Å². The van der Waals surface area contributed by atoms with Gasteiger partial charge in [0.25, 0.3) is 0 Å². The second kappa shape index (κ2) is 5.75. The molecule has 0 radical (unpaired) electrons. The Morgan fingerprint density at radius 3 is 2.53 bits per heavy atom. The minimum atomic E-state index is -0.143. The Morgan fingerprint density at radius 1 is 1.35 bits per heavy atom. The first-order valence-corrected chi connectivity index (χ1v) is 5.49. The SMILES string of the molecule is CN(Cc1ccc(Cl)c(Cl)c1)C(=N)N=C(N)N. The highest BCUT2D eigenvalue weighted by atomic mass is 35.5. The van der Waals surface area contributed by atoms with Gasteiger partial charge < -0.3 is 16.4 Å². The molecule has 1 rings (SSSR count). The van der Waals surface area contributed by atoms with Gasteiger partial charge in [-0.15, -0.1) is 0 Å². The molecule has 0 bridgehead atoms. The molecule has 0 atom stereocenters. The molecule has 0 spiro atoms. The fourth-order valence-corrected chi connectivity index (χ4v) is 1.52. The van der Waals surface area contributed by atoms with E-state index in [2.05, 4.69) is 4.99 Å². The molecule has 1 aromatic rings. The van der Waals surface area contributed by atoms with Crippen LogP contribution in [0, 0.1) is 5.41 Å². The van der Waals surface area contributed by atoms with Crippen molar-refractivity contribution in [2.75, 3.05) is 7.05 Å². The maximum absolute atomic E-state index is 7.59. The number of benzene rings is 1. The highest BCUT2D eigenvalue weighted by Gasteiger charge is 2.06. The van der Waals surface area contributed by atoms with E-state index in [-0.39, 0.29) is 11.9 Å². The largest absolute Gasteiger partial charge is 0.370 e. The Morgan fingerprint density at radius 2 is 2.00 bits per heavy atom. The fourth-order valence-electron chi connectivity index (χ4n) is 1.19. The summed E-state index contributed by atoms with van der Waals surface area (Å²) in [5.74, 6) is -0.160. The van der Waals surface area contributed by atoms with E-state index in [1.165, 1.54) is 0 Å². The van der Waals surface area contributed by atoms with Gasteiger partial charge in [-0.25, -0.2) is 0 Å². The molecule has 17 heavy (non-hydrogen) atoms. The summed E-state index contributed by atoms with van der Waals surface area (Å²) >= 11 is 11.7. The molecule has 5 N–H and O–H groups in total. The number of halogens is 2. The van der Waals surface area contributed by atoms with Crippen molar-refractivity contribution >= 4 is 35.1 Å². The van der Waals surface area contributed by atoms with Crippen LogP contribution in [0.4, 0.5) is 0 Å². The first kappa shape index (κ1) is 13.6. The topological polar surface area (TPSA) is 91.5 Å². The van der Waals surface area contributed by atoms with E-state index < -0.39 is 0 Å². The zero-order valence-corrected chi connectivity index (χ0v) is 10.8. The number of hydrogen-bond donors (Lipinski definition) is 3. The van der Waals surface area contributed by atoms with Crippen LogP contribution in [-0.2, 0) is 6.54 Å². The lowest BCUT2D eigenvalue weighted by Crippen LogP contribution is -2.30. The maximum atomic E-state index is 7.59. The highest BCUT2D eigenvalue weighted by Crippen LogP contribution is 2.23. The quantitative estimate of drug-likeness (QED) is 0.565. The lowest BCUT2D eigenvalue weighted by Gasteiger charge is -2.17. The number of nitrogens with zero attached hydrogens (tertiary/aromatic N) is 2. The van der Waals surface area contributed by atoms with Crippen LogP contribution in [0.2, 0.25) is 10.0 Å². The Hall–Kier alpha value is -1.46. The van der Waals surface area contributed by atoms with Gasteiger partial charge >= 0.3 is 0 Å². The van der Waals surface area contributed by atoms with E-state index >= 15 is 0 Å². The second-order valence-electron chi connectivity index (χ2n) is 3.46. The van der Waals surface area contributed by atoms with E-state index in [0.29, 0.717) is 16.6 Å². The van der Waals surface area contributed by atoms with E-state index in [1.54, 1.807) is 24.1 Å². The normalized spacial score (nSPS) is 9.82. The zero-order chi connectivity index (χ0) is 13.0. The maximum Gasteiger partial charge on any atom is 0.221 e. The summed E-state index contributed by atoms with van der Waals surface area (Å²) < 4.78 is 0. The van der Waals surface area contributed by atoms with Gasteiger partial charge in [-0.2, -0.15) is 4.99 Å². The van der Waals surface area contributed by atoms with Gasteiger partial charge in [-0.3, -0.25) is 5.41 Å². The molecular weight excluding hydrogens is 261 g/mol. The number of aliphatic imine (C=N–C) groups is 1. The van der Waals surface area contributed by atoms with Crippen molar-refractivity contribution in [1.82, 2.24) is 4.90 Å². The number of nitrogens with one attached hydrogen (secondary N) is 1. The highest BCUT2D eigenvalue weighted by molar-refractivity contribution is 6.42. The van der Waals surface area contributed by atoms with Crippen LogP contribution in [0.25, 0.3) is 0 Å². The van der Waals surface area contributed by atoms with Gasteiger partial charge in [-0.1, -0.05) is 29.3 Å². The third-order valence-corrected chi connectivity index (χ3v) is 2.74. The van der Waals surface area contributed by atoms with Gasteiger partial charge in [0.1, 0.15) is 0 Å². The molecule has 92 valence electrons. The van der Waals surface area contributed by atoms with Crippen LogP contribution in [-0.4, -0.2) is 23.9 Å². The summed E-state index contributed by atoms with van der Waals surface area (Å²) in [5.41, 5.74) is 11.3. The summed E-state index contributed by atoms with van der Waals surface area (Å²) in [5, 5.41) is 8.56. The molecule has 0 aromatic heterocycles. The van der Waals surface area contributed by atoms with Crippen molar-refractivity contribution in [3.63, 3.8) is 0 Å². The fraction of sp³-hybridized carbons (Fsp3) is 0.200. The average molecular weight is 274 g/mol. The van der Waals surface area contributed by atoms with Crippen LogP contribution < -0.4 is 11.5 Å². The molecule has 0 aliphatic carbocycles. The minimum absolute atomic E-state index is 0.0175. The zero-order valence-electron chi connectivity index (χ0n) is 9.24. The summed E-state index contributed by atoms with van der Waals surface area (Å²) in [4.78, 5) is 5.22. The molecule has 5 nitrogen and oxygen atoms in total. The summed E-state index contributed by atoms with van der Waals surface area (Å²) in [6.45, 7) is 0.465. The summed E-state index contributed by atoms with van der Waals surface area (Å²) in [6.07, 6.45) is 0. The molecule has 0 unspecified atom stereocenters. The minimum Gasteiger partial charge on any atom is -0.370 e. The summed E-state index contributed by atoms with van der Waals surface area (Å²) in [7, 11) is 1.71. The number of hydrogen-bond acceptors (Lipinski definition) is 1. The molecule has 1 aromatic carbocycles. The van der Waals surface area contributed by atoms with E-state index in [4.69, 9.17) is 40.1 Å². The summed E-state index contributed by atoms with van der Waals surface area (Å²) in [6, 6.07) is 5.27. The number of rotatable bonds is 2. The van der Waals surface area contributed by atoms with Crippen molar-refractivity contribution in [3.05, 3.63) is 33.8 Å². The van der Waals surface area contributed by atoms with E-state index in [1.807, 2.05) is 6.07 Å². The molecule has 0 heterocycles. The smallest absolute Gasteiger partial charge is 0.221 e. The molecular formula is C10H13Cl2N5. The Bertz CT molecular complexity index is 454. The predicted octanol–water partition coefficient (Wildman–Crippen LogP) is 1.63. The van der Waals surface area contributed by atoms with Crippen molar-refractivity contribution in [3.8, 4) is 0 Å². The lowest BCUT2D eigenvalue weighted by molar-refractivity contribution is 0.491. The van der Waals surface area contributed by atoms with Crippen molar-refractivity contribution < 1.29 is 0 Å². The number of nitrogens with two attached hydrogens (primary N) is 2. The molecule has 0 saturated carbocycles. The van der Waals surface area contributed by atoms with Crippen molar-refractivity contribution in [2.45, 2.75) is 6.54 Å². The Kier molecular flexibility index (Phi) is 4.60. The predicted molar refractivity (Wildman–Crippen MR) is 71.5 cm³/mol. The average Bonchev–Trinajstić information content (AvgIpc) is 2.22. The van der Waals surface area contributed by atoms with E-state index in [0.717, 1.165) is 5.56 Å². The van der Waals surface area contributed by atoms with Gasteiger partial charge in [0.15, 0.2) is 5.96 Å². The third-order valence-electron chi connectivity index (χ3n) is 2.00. The van der Waals surface area contributed by atoms with Crippen molar-refractivity contribution in [2.24, 2.45) is 16.5 Å². The third kappa shape index (κ3) is 4.13. The number of guanidine groups is 2. The Labute approximate surface area is 110 Å². The monoisotopic (exact) mass is 273 g/mol. The van der Waals surface area contributed by atoms with Crippen molar-refractivity contribution in [1.29, 1.82) is 5.41 Å². The standard InChI is InChI=1S/C10H13Cl2N5/c1-17(10(15)16-9(13)14)5-6-2-3-7(11)8(12)4-6/h2-4H,5H2,1H3,(H5,13,14,15,16). The van der Waals surface area contributed by atoms with Crippen LogP contribution in [0.3, 0.4) is 0 Å². The van der Waals surface area contributed by atoms with Gasteiger partial charge in [0.05, 0.1) is 10.0 Å². The lowest BCUT2D eigenvalue weighted by atomic mass is 10.2. The molecule has 0 saturated heterocycles. The first-order chi connectivity index (χ1) is 7.90. The molecule has 0 aliphatic heterocycles. The van der Waals surface area contributed by atoms with Crippen LogP contribution in [0.15, 0.2) is 23.2 Å². The van der Waals surface area contributed by atoms with Gasteiger partial charge in [0.2, 0.25) is 5.96 Å². The molecule has 0 amide bonds. The van der Waals surface area contributed by atoms with Crippen LogP contribution in [0.1, 0.15) is 5.56 Å².